The van der Waals surface area contributed by atoms with Crippen LogP contribution in [-0.2, 0) is 11.3 Å². The summed E-state index contributed by atoms with van der Waals surface area (Å²) in [5.74, 6) is 0.207. The van der Waals surface area contributed by atoms with E-state index in [2.05, 4.69) is 56.5 Å². The van der Waals surface area contributed by atoms with Gasteiger partial charge in [0.05, 0.1) is 6.54 Å². The van der Waals surface area contributed by atoms with Crippen LogP contribution in [0.25, 0.3) is 0 Å². The Balaban J connectivity index is 1.28. The Hall–Kier alpha value is -2.48. The van der Waals surface area contributed by atoms with Crippen LogP contribution in [0, 0.1) is 6.92 Å². The number of anilines is 1. The van der Waals surface area contributed by atoms with Crippen molar-refractivity contribution in [2.75, 3.05) is 44.2 Å². The second-order valence-corrected chi connectivity index (χ2v) is 7.77. The minimum atomic E-state index is 0.207. The van der Waals surface area contributed by atoms with Crippen LogP contribution >= 0.6 is 0 Å². The highest BCUT2D eigenvalue weighted by Crippen LogP contribution is 2.23. The molecule has 2 fully saturated rings. The monoisotopic (exact) mass is 383 g/mol. The molecular weight excluding hydrogens is 354 g/mol. The molecule has 1 atom stereocenters. The number of hydrogen-bond acceptors (Lipinski definition) is 6. The number of hydrogen-bond donors (Lipinski definition) is 0. The molecule has 0 bridgehead atoms. The standard InChI is InChI=1S/C20H29N7O/c1-17-5-2-3-7-19(17)25-13-11-24(12-14-25)18-6-4-9-26(15-18)20(28)8-10-27-16-21-22-23-27/h2-3,5,7,16,18H,4,6,8-15H2,1H3/t18-/m1/s1. The molecule has 1 aromatic heterocycles. The fraction of sp³-hybridized carbons (Fsp3) is 0.600. The van der Waals surface area contributed by atoms with E-state index in [0.717, 1.165) is 45.7 Å². The van der Waals surface area contributed by atoms with Gasteiger partial charge in [0.2, 0.25) is 5.91 Å². The normalized spacial score (nSPS) is 21.1. The van der Waals surface area contributed by atoms with Crippen molar-refractivity contribution in [1.29, 1.82) is 0 Å². The van der Waals surface area contributed by atoms with E-state index in [1.54, 1.807) is 11.0 Å². The van der Waals surface area contributed by atoms with Crippen LogP contribution in [-0.4, -0.2) is 81.2 Å². The molecule has 0 radical (unpaired) electrons. The Labute approximate surface area is 166 Å². The number of nitrogens with zero attached hydrogens (tertiary/aromatic N) is 7. The number of likely N-dealkylation sites (tertiary alicyclic amines) is 1. The van der Waals surface area contributed by atoms with Gasteiger partial charge in [0.25, 0.3) is 0 Å². The molecule has 0 N–H and O–H groups in total. The van der Waals surface area contributed by atoms with Crippen molar-refractivity contribution in [2.45, 2.75) is 38.8 Å². The molecule has 1 amide bonds. The molecule has 0 aliphatic carbocycles. The molecule has 3 heterocycles. The Bertz CT molecular complexity index is 771. The molecule has 0 unspecified atom stereocenters. The number of carbonyl (C=O) groups is 1. The van der Waals surface area contributed by atoms with Gasteiger partial charge in [0.1, 0.15) is 6.33 Å². The third-order valence-corrected chi connectivity index (χ3v) is 5.98. The molecule has 8 nitrogen and oxygen atoms in total. The summed E-state index contributed by atoms with van der Waals surface area (Å²) in [6.45, 7) is 8.66. The summed E-state index contributed by atoms with van der Waals surface area (Å²) >= 11 is 0. The molecule has 1 aromatic carbocycles. The van der Waals surface area contributed by atoms with Crippen molar-refractivity contribution >= 4 is 11.6 Å². The van der Waals surface area contributed by atoms with Gasteiger partial charge in [-0.2, -0.15) is 0 Å². The van der Waals surface area contributed by atoms with Crippen LogP contribution in [0.4, 0.5) is 5.69 Å². The van der Waals surface area contributed by atoms with E-state index in [-0.39, 0.29) is 5.91 Å². The van der Waals surface area contributed by atoms with Crippen LogP contribution in [0.5, 0.6) is 0 Å². The predicted molar refractivity (Wildman–Crippen MR) is 107 cm³/mol. The number of aryl methyl sites for hydroxylation is 2. The number of benzene rings is 1. The number of piperidine rings is 1. The quantitative estimate of drug-likeness (QED) is 0.772. The van der Waals surface area contributed by atoms with E-state index in [1.165, 1.54) is 17.7 Å². The Morgan fingerprint density at radius 1 is 1.14 bits per heavy atom. The second kappa shape index (κ2) is 8.68. The molecule has 2 aromatic rings. The summed E-state index contributed by atoms with van der Waals surface area (Å²) in [6, 6.07) is 9.10. The van der Waals surface area contributed by atoms with E-state index in [9.17, 15) is 4.79 Å². The molecule has 0 spiro atoms. The Kier molecular flexibility index (Phi) is 5.85. The first-order valence-electron chi connectivity index (χ1n) is 10.2. The van der Waals surface area contributed by atoms with Gasteiger partial charge in [-0.05, 0) is 41.8 Å². The van der Waals surface area contributed by atoms with Gasteiger partial charge in [-0.25, -0.2) is 4.68 Å². The molecule has 0 saturated carbocycles. The number of carbonyl (C=O) groups excluding carboxylic acids is 1. The summed E-state index contributed by atoms with van der Waals surface area (Å²) in [5.41, 5.74) is 2.69. The van der Waals surface area contributed by atoms with Gasteiger partial charge in [-0.15, -0.1) is 5.10 Å². The van der Waals surface area contributed by atoms with E-state index in [0.29, 0.717) is 19.0 Å². The van der Waals surface area contributed by atoms with Gasteiger partial charge < -0.3 is 9.80 Å². The molecule has 2 aliphatic rings. The average molecular weight is 384 g/mol. The maximum atomic E-state index is 12.6. The summed E-state index contributed by atoms with van der Waals surface area (Å²) in [5, 5.41) is 11.1. The lowest BCUT2D eigenvalue weighted by atomic mass is 10.0. The second-order valence-electron chi connectivity index (χ2n) is 7.77. The van der Waals surface area contributed by atoms with Crippen molar-refractivity contribution in [3.05, 3.63) is 36.2 Å². The number of aromatic nitrogens is 4. The topological polar surface area (TPSA) is 70.4 Å². The van der Waals surface area contributed by atoms with Gasteiger partial charge in [-0.3, -0.25) is 9.69 Å². The zero-order valence-corrected chi connectivity index (χ0v) is 16.6. The van der Waals surface area contributed by atoms with E-state index in [4.69, 9.17) is 0 Å². The molecule has 2 aliphatic heterocycles. The third-order valence-electron chi connectivity index (χ3n) is 5.98. The lowest BCUT2D eigenvalue weighted by Gasteiger charge is -2.44. The number of para-hydroxylation sites is 1. The van der Waals surface area contributed by atoms with Crippen LogP contribution in [0.3, 0.4) is 0 Å². The van der Waals surface area contributed by atoms with Crippen LogP contribution in [0.1, 0.15) is 24.8 Å². The van der Waals surface area contributed by atoms with E-state index < -0.39 is 0 Å². The zero-order valence-electron chi connectivity index (χ0n) is 16.6. The Morgan fingerprint density at radius 2 is 1.96 bits per heavy atom. The van der Waals surface area contributed by atoms with Crippen molar-refractivity contribution in [3.63, 3.8) is 0 Å². The summed E-state index contributed by atoms with van der Waals surface area (Å²) in [7, 11) is 0. The minimum Gasteiger partial charge on any atom is -0.369 e. The zero-order chi connectivity index (χ0) is 19.3. The first-order valence-corrected chi connectivity index (χ1v) is 10.2. The SMILES string of the molecule is Cc1ccccc1N1CCN([C@@H]2CCCN(C(=O)CCn3cnnn3)C2)CC1. The summed E-state index contributed by atoms with van der Waals surface area (Å²) in [4.78, 5) is 19.7. The molecule has 8 heteroatoms. The molecule has 28 heavy (non-hydrogen) atoms. The van der Waals surface area contributed by atoms with Gasteiger partial charge >= 0.3 is 0 Å². The van der Waals surface area contributed by atoms with Crippen LogP contribution in [0.15, 0.2) is 30.6 Å². The van der Waals surface area contributed by atoms with E-state index in [1.807, 2.05) is 4.90 Å². The maximum Gasteiger partial charge on any atom is 0.224 e. The third kappa shape index (κ3) is 4.32. The Morgan fingerprint density at radius 3 is 2.71 bits per heavy atom. The fourth-order valence-electron chi connectivity index (χ4n) is 4.38. The summed E-state index contributed by atoms with van der Waals surface area (Å²) in [6.07, 6.45) is 4.28. The van der Waals surface area contributed by atoms with Crippen molar-refractivity contribution < 1.29 is 4.79 Å². The maximum absolute atomic E-state index is 12.6. The highest BCUT2D eigenvalue weighted by Gasteiger charge is 2.30. The minimum absolute atomic E-state index is 0.207. The van der Waals surface area contributed by atoms with Crippen LogP contribution < -0.4 is 4.90 Å². The highest BCUT2D eigenvalue weighted by molar-refractivity contribution is 5.76. The largest absolute Gasteiger partial charge is 0.369 e. The van der Waals surface area contributed by atoms with Crippen molar-refractivity contribution in [2.24, 2.45) is 0 Å². The van der Waals surface area contributed by atoms with Gasteiger partial charge in [0, 0.05) is 57.4 Å². The highest BCUT2D eigenvalue weighted by atomic mass is 16.2. The van der Waals surface area contributed by atoms with Gasteiger partial charge in [-0.1, -0.05) is 18.2 Å². The lowest BCUT2D eigenvalue weighted by Crippen LogP contribution is -2.56. The first kappa shape index (κ1) is 18.9. The summed E-state index contributed by atoms with van der Waals surface area (Å²) < 4.78 is 1.62. The first-order chi connectivity index (χ1) is 13.7. The number of rotatable bonds is 5. The van der Waals surface area contributed by atoms with Crippen LogP contribution in [0.2, 0.25) is 0 Å². The lowest BCUT2D eigenvalue weighted by molar-refractivity contribution is -0.133. The number of tetrazole rings is 1. The van der Waals surface area contributed by atoms with Crippen molar-refractivity contribution in [3.8, 4) is 0 Å². The van der Waals surface area contributed by atoms with Gasteiger partial charge in [0.15, 0.2) is 0 Å². The van der Waals surface area contributed by atoms with Crippen molar-refractivity contribution in [1.82, 2.24) is 30.0 Å². The smallest absolute Gasteiger partial charge is 0.224 e. The fourth-order valence-corrected chi connectivity index (χ4v) is 4.38. The average Bonchev–Trinajstić information content (AvgIpc) is 3.26. The molecule has 150 valence electrons. The predicted octanol–water partition coefficient (Wildman–Crippen LogP) is 1.18. The molecular formula is C20H29N7O. The molecule has 4 rings (SSSR count). The number of amides is 1. The molecule has 2 saturated heterocycles. The number of piperazine rings is 1. The van der Waals surface area contributed by atoms with E-state index >= 15 is 0 Å².